The van der Waals surface area contributed by atoms with Crippen molar-refractivity contribution in [2.75, 3.05) is 18.8 Å². The smallest absolute Gasteiger partial charge is 0.214 e. The molecule has 1 fully saturated rings. The molecule has 4 nitrogen and oxygen atoms in total. The Kier molecular flexibility index (Phi) is 6.60. The minimum atomic E-state index is -2.99. The Hall–Kier alpha value is -0.130. The van der Waals surface area contributed by atoms with Crippen molar-refractivity contribution in [1.82, 2.24) is 9.62 Å². The lowest BCUT2D eigenvalue weighted by atomic mass is 10.0. The summed E-state index contributed by atoms with van der Waals surface area (Å²) in [6.07, 6.45) is 4.97. The number of nitrogens with one attached hydrogen (secondary N) is 1. The maximum atomic E-state index is 11.9. The maximum absolute atomic E-state index is 11.9. The second kappa shape index (κ2) is 7.46. The molecular weight excluding hydrogens is 248 g/mol. The van der Waals surface area contributed by atoms with Crippen LogP contribution in [0.15, 0.2) is 0 Å². The van der Waals surface area contributed by atoms with Crippen LogP contribution in [0.2, 0.25) is 0 Å². The summed E-state index contributed by atoms with van der Waals surface area (Å²) in [6.45, 7) is 7.68. The van der Waals surface area contributed by atoms with Crippen molar-refractivity contribution in [3.8, 4) is 0 Å². The number of hydrogen-bond acceptors (Lipinski definition) is 3. The summed E-state index contributed by atoms with van der Waals surface area (Å²) in [4.78, 5) is 0. The zero-order valence-corrected chi connectivity index (χ0v) is 12.8. The van der Waals surface area contributed by atoms with E-state index in [4.69, 9.17) is 0 Å². The van der Waals surface area contributed by atoms with E-state index in [0.29, 0.717) is 31.6 Å². The van der Waals surface area contributed by atoms with Crippen LogP contribution in [0.4, 0.5) is 0 Å². The molecule has 0 radical (unpaired) electrons. The summed E-state index contributed by atoms with van der Waals surface area (Å²) >= 11 is 0. The Morgan fingerprint density at radius 3 is 2.33 bits per heavy atom. The molecule has 1 aliphatic heterocycles. The Morgan fingerprint density at radius 1 is 1.22 bits per heavy atom. The zero-order valence-electron chi connectivity index (χ0n) is 12.0. The molecule has 0 bridgehead atoms. The second-order valence-electron chi connectivity index (χ2n) is 5.35. The molecule has 1 unspecified atom stereocenters. The first-order chi connectivity index (χ1) is 8.49. The highest BCUT2D eigenvalue weighted by atomic mass is 32.2. The highest BCUT2D eigenvalue weighted by molar-refractivity contribution is 7.89. The SMILES string of the molecule is CCCC(C)NC1CCN(S(=O)(=O)CCC)CC1. The predicted octanol–water partition coefficient (Wildman–Crippen LogP) is 1.97. The Bertz CT molecular complexity index is 322. The van der Waals surface area contributed by atoms with Gasteiger partial charge in [-0.2, -0.15) is 0 Å². The van der Waals surface area contributed by atoms with E-state index in [1.165, 1.54) is 12.8 Å². The summed E-state index contributed by atoms with van der Waals surface area (Å²) in [5.41, 5.74) is 0. The van der Waals surface area contributed by atoms with Crippen LogP contribution in [0.5, 0.6) is 0 Å². The van der Waals surface area contributed by atoms with Crippen molar-refractivity contribution in [3.05, 3.63) is 0 Å². The molecule has 1 rings (SSSR count). The van der Waals surface area contributed by atoms with Crippen molar-refractivity contribution in [2.45, 2.75) is 65.0 Å². The first kappa shape index (κ1) is 15.9. The quantitative estimate of drug-likeness (QED) is 0.773. The van der Waals surface area contributed by atoms with E-state index in [1.807, 2.05) is 6.92 Å². The third-order valence-corrected chi connectivity index (χ3v) is 5.63. The molecule has 0 saturated carbocycles. The van der Waals surface area contributed by atoms with Crippen LogP contribution in [0.25, 0.3) is 0 Å². The van der Waals surface area contributed by atoms with Gasteiger partial charge in [-0.05, 0) is 32.6 Å². The van der Waals surface area contributed by atoms with Gasteiger partial charge >= 0.3 is 0 Å². The standard InChI is InChI=1S/C13H28N2O2S/c1-4-6-12(3)14-13-7-9-15(10-8-13)18(16,17)11-5-2/h12-14H,4-11H2,1-3H3. The fourth-order valence-corrected chi connectivity index (χ4v) is 4.15. The number of sulfonamides is 1. The Labute approximate surface area is 112 Å². The largest absolute Gasteiger partial charge is 0.311 e. The monoisotopic (exact) mass is 276 g/mol. The minimum Gasteiger partial charge on any atom is -0.311 e. The molecule has 18 heavy (non-hydrogen) atoms. The molecule has 1 aliphatic rings. The normalized spacial score (nSPS) is 21.1. The van der Waals surface area contributed by atoms with Gasteiger partial charge in [-0.25, -0.2) is 12.7 Å². The molecule has 0 aromatic carbocycles. The van der Waals surface area contributed by atoms with Gasteiger partial charge in [0.1, 0.15) is 0 Å². The Balaban J connectivity index is 2.37. The average Bonchev–Trinajstić information content (AvgIpc) is 2.30. The molecule has 0 aromatic rings. The van der Waals surface area contributed by atoms with Gasteiger partial charge in [0.15, 0.2) is 0 Å². The first-order valence-corrected chi connectivity index (χ1v) is 8.84. The van der Waals surface area contributed by atoms with Gasteiger partial charge in [-0.3, -0.25) is 0 Å². The van der Waals surface area contributed by atoms with Crippen LogP contribution < -0.4 is 5.32 Å². The fourth-order valence-electron chi connectivity index (χ4n) is 2.61. The van der Waals surface area contributed by atoms with Crippen LogP contribution >= 0.6 is 0 Å². The van der Waals surface area contributed by atoms with Gasteiger partial charge in [0.2, 0.25) is 10.0 Å². The van der Waals surface area contributed by atoms with Crippen molar-refractivity contribution < 1.29 is 8.42 Å². The van der Waals surface area contributed by atoms with E-state index in [0.717, 1.165) is 12.8 Å². The third kappa shape index (κ3) is 4.86. The van der Waals surface area contributed by atoms with Gasteiger partial charge < -0.3 is 5.32 Å². The van der Waals surface area contributed by atoms with E-state index in [1.54, 1.807) is 4.31 Å². The van der Waals surface area contributed by atoms with Crippen LogP contribution in [-0.2, 0) is 10.0 Å². The third-order valence-electron chi connectivity index (χ3n) is 3.55. The molecule has 5 heteroatoms. The fraction of sp³-hybridized carbons (Fsp3) is 1.00. The van der Waals surface area contributed by atoms with E-state index >= 15 is 0 Å². The van der Waals surface area contributed by atoms with E-state index < -0.39 is 10.0 Å². The van der Waals surface area contributed by atoms with E-state index in [2.05, 4.69) is 19.2 Å². The lowest BCUT2D eigenvalue weighted by Crippen LogP contribution is -2.47. The number of rotatable bonds is 7. The summed E-state index contributed by atoms with van der Waals surface area (Å²) in [6, 6.07) is 1.03. The zero-order chi connectivity index (χ0) is 13.6. The summed E-state index contributed by atoms with van der Waals surface area (Å²) in [5.74, 6) is 0.289. The lowest BCUT2D eigenvalue weighted by molar-refractivity contribution is 0.273. The van der Waals surface area contributed by atoms with Gasteiger partial charge in [0, 0.05) is 25.2 Å². The van der Waals surface area contributed by atoms with Crippen LogP contribution in [0.3, 0.4) is 0 Å². The topological polar surface area (TPSA) is 49.4 Å². The van der Waals surface area contributed by atoms with Gasteiger partial charge in [0.05, 0.1) is 5.75 Å². The van der Waals surface area contributed by atoms with Gasteiger partial charge in [-0.15, -0.1) is 0 Å². The molecule has 1 atom stereocenters. The molecule has 0 aromatic heterocycles. The first-order valence-electron chi connectivity index (χ1n) is 7.23. The highest BCUT2D eigenvalue weighted by Crippen LogP contribution is 2.16. The number of hydrogen-bond donors (Lipinski definition) is 1. The molecule has 0 amide bonds. The second-order valence-corrected chi connectivity index (χ2v) is 7.43. The van der Waals surface area contributed by atoms with Gasteiger partial charge in [0.25, 0.3) is 0 Å². The van der Waals surface area contributed by atoms with E-state index in [-0.39, 0.29) is 5.75 Å². The Morgan fingerprint density at radius 2 is 1.83 bits per heavy atom. The molecular formula is C13H28N2O2S. The summed E-state index contributed by atoms with van der Waals surface area (Å²) in [7, 11) is -2.99. The molecule has 1 N–H and O–H groups in total. The lowest BCUT2D eigenvalue weighted by Gasteiger charge is -2.33. The van der Waals surface area contributed by atoms with Crippen LogP contribution in [0, 0.1) is 0 Å². The molecule has 1 saturated heterocycles. The van der Waals surface area contributed by atoms with E-state index in [9.17, 15) is 8.42 Å². The number of nitrogens with zero attached hydrogens (tertiary/aromatic N) is 1. The van der Waals surface area contributed by atoms with Crippen molar-refractivity contribution in [2.24, 2.45) is 0 Å². The minimum absolute atomic E-state index is 0.289. The van der Waals surface area contributed by atoms with Crippen molar-refractivity contribution in [1.29, 1.82) is 0 Å². The average molecular weight is 276 g/mol. The van der Waals surface area contributed by atoms with Crippen molar-refractivity contribution >= 4 is 10.0 Å². The highest BCUT2D eigenvalue weighted by Gasteiger charge is 2.27. The maximum Gasteiger partial charge on any atom is 0.214 e. The molecule has 108 valence electrons. The van der Waals surface area contributed by atoms with Crippen molar-refractivity contribution in [3.63, 3.8) is 0 Å². The van der Waals surface area contributed by atoms with Crippen LogP contribution in [-0.4, -0.2) is 43.6 Å². The van der Waals surface area contributed by atoms with Gasteiger partial charge in [-0.1, -0.05) is 20.3 Å². The summed E-state index contributed by atoms with van der Waals surface area (Å²) in [5, 5.41) is 3.60. The number of piperidine rings is 1. The molecule has 0 aliphatic carbocycles. The molecule has 1 heterocycles. The summed E-state index contributed by atoms with van der Waals surface area (Å²) < 4.78 is 25.5. The van der Waals surface area contributed by atoms with Crippen LogP contribution in [0.1, 0.15) is 52.9 Å². The molecule has 0 spiro atoms. The predicted molar refractivity (Wildman–Crippen MR) is 76.2 cm³/mol.